The van der Waals surface area contributed by atoms with Crippen LogP contribution in [0.1, 0.15) is 5.56 Å². The van der Waals surface area contributed by atoms with Gasteiger partial charge in [0.15, 0.2) is 5.58 Å². The van der Waals surface area contributed by atoms with Crippen LogP contribution in [0.2, 0.25) is 0 Å². The zero-order chi connectivity index (χ0) is 23.0. The molecular formula is C21H19FN4O6. The first-order valence-corrected chi connectivity index (χ1v) is 9.70. The molecule has 1 fully saturated rings. The maximum absolute atomic E-state index is 14.8. The second-order valence-corrected chi connectivity index (χ2v) is 7.54. The molecule has 1 saturated heterocycles. The van der Waals surface area contributed by atoms with Gasteiger partial charge >= 0.3 is 11.9 Å². The Labute approximate surface area is 180 Å². The number of hydrogen-bond donors (Lipinski definition) is 5. The molecule has 2 aromatic carbocycles. The molecule has 0 unspecified atom stereocenters. The van der Waals surface area contributed by atoms with Crippen LogP contribution in [-0.4, -0.2) is 44.9 Å². The van der Waals surface area contributed by atoms with Crippen molar-refractivity contribution in [1.82, 2.24) is 15.2 Å². The summed E-state index contributed by atoms with van der Waals surface area (Å²) in [5.74, 6) is -2.23. The minimum Gasteiger partial charge on any atom is -0.408 e. The number of carbonyl (C=O) groups is 1. The number of nitrogens with zero attached hydrogens (tertiary/aromatic N) is 2. The summed E-state index contributed by atoms with van der Waals surface area (Å²) < 4.78 is 19.9. The molecule has 5 N–H and O–H groups in total. The Morgan fingerprint density at radius 3 is 2.56 bits per heavy atom. The largest absolute Gasteiger partial charge is 0.426 e. The third-order valence-corrected chi connectivity index (χ3v) is 5.31. The van der Waals surface area contributed by atoms with Gasteiger partial charge in [0.2, 0.25) is 5.91 Å². The lowest BCUT2D eigenvalue weighted by molar-refractivity contribution is -0.375. The van der Waals surface area contributed by atoms with Gasteiger partial charge in [-0.2, -0.15) is 9.83 Å². The molecule has 11 heteroatoms. The van der Waals surface area contributed by atoms with Crippen molar-refractivity contribution >= 4 is 17.0 Å². The van der Waals surface area contributed by atoms with Gasteiger partial charge in [0.1, 0.15) is 11.9 Å². The number of nitrogens with one attached hydrogen (secondary N) is 2. The molecule has 0 bridgehead atoms. The Morgan fingerprint density at radius 1 is 1.28 bits per heavy atom. The van der Waals surface area contributed by atoms with E-state index in [1.807, 2.05) is 6.07 Å². The van der Waals surface area contributed by atoms with Gasteiger partial charge in [-0.3, -0.25) is 4.79 Å². The molecule has 10 nitrogen and oxygen atoms in total. The summed E-state index contributed by atoms with van der Waals surface area (Å²) in [7, 11) is 0. The molecule has 0 saturated carbocycles. The van der Waals surface area contributed by atoms with E-state index in [0.717, 1.165) is 0 Å². The number of oxazole rings is 1. The van der Waals surface area contributed by atoms with Crippen LogP contribution in [0, 0.1) is 23.1 Å². The topological polar surface area (TPSA) is 161 Å². The molecule has 4 rings (SSSR count). The zero-order valence-corrected chi connectivity index (χ0v) is 16.6. The van der Waals surface area contributed by atoms with E-state index in [-0.39, 0.29) is 39.5 Å². The van der Waals surface area contributed by atoms with Crippen LogP contribution >= 0.6 is 0 Å². The lowest BCUT2D eigenvalue weighted by atomic mass is 9.98. The Morgan fingerprint density at radius 2 is 1.97 bits per heavy atom. The highest BCUT2D eigenvalue weighted by molar-refractivity contribution is 5.81. The van der Waals surface area contributed by atoms with E-state index in [4.69, 9.17) is 4.42 Å². The fourth-order valence-electron chi connectivity index (χ4n) is 3.49. The molecule has 0 aliphatic carbocycles. The number of aromatic nitrogens is 1. The number of amides is 1. The Bertz CT molecular complexity index is 1280. The smallest absolute Gasteiger partial charge is 0.408 e. The number of hydrogen-bond acceptors (Lipinski definition) is 8. The van der Waals surface area contributed by atoms with Crippen molar-refractivity contribution in [3.05, 3.63) is 58.3 Å². The number of nitriles is 1. The maximum Gasteiger partial charge on any atom is 0.426 e. The molecule has 1 aliphatic heterocycles. The maximum atomic E-state index is 14.8. The summed E-state index contributed by atoms with van der Waals surface area (Å²) in [6.45, 7) is 1.09. The predicted octanol–water partition coefficient (Wildman–Crippen LogP) is -0.284. The van der Waals surface area contributed by atoms with E-state index >= 15 is 0 Å². The molecule has 1 aliphatic rings. The van der Waals surface area contributed by atoms with Gasteiger partial charge in [0, 0.05) is 19.5 Å². The summed E-state index contributed by atoms with van der Waals surface area (Å²) in [5.41, 5.74) is 0.915. The monoisotopic (exact) mass is 442 g/mol. The second-order valence-electron chi connectivity index (χ2n) is 7.54. The molecule has 2 heterocycles. The number of rotatable bonds is 6. The predicted molar refractivity (Wildman–Crippen MR) is 108 cm³/mol. The lowest BCUT2D eigenvalue weighted by Gasteiger charge is -2.26. The highest BCUT2D eigenvalue weighted by Crippen LogP contribution is 2.27. The van der Waals surface area contributed by atoms with Crippen LogP contribution in [0.25, 0.3) is 22.2 Å². The van der Waals surface area contributed by atoms with Crippen LogP contribution in [-0.2, 0) is 17.3 Å². The molecule has 1 aromatic heterocycles. The van der Waals surface area contributed by atoms with Gasteiger partial charge in [-0.1, -0.05) is 18.2 Å². The zero-order valence-electron chi connectivity index (χ0n) is 16.6. The number of halogens is 1. The molecule has 32 heavy (non-hydrogen) atoms. The third-order valence-electron chi connectivity index (χ3n) is 5.31. The Balaban J connectivity index is 1.59. The number of carbonyl (C=O) groups excluding carboxylic acids is 1. The van der Waals surface area contributed by atoms with Gasteiger partial charge in [0.05, 0.1) is 17.5 Å². The first-order valence-electron chi connectivity index (χ1n) is 9.70. The van der Waals surface area contributed by atoms with E-state index in [1.54, 1.807) is 6.07 Å². The van der Waals surface area contributed by atoms with Crippen LogP contribution in [0.5, 0.6) is 0 Å². The Kier molecular flexibility index (Phi) is 5.53. The van der Waals surface area contributed by atoms with Crippen molar-refractivity contribution in [2.75, 3.05) is 13.1 Å². The SMILES string of the molecule is N#C[C@H](Cc1ccc(-c2ccc3oc(=O)n(C(O)(O)O)c3c2)cc1F)NC(=O)C1CNC1. The summed E-state index contributed by atoms with van der Waals surface area (Å²) >= 11 is 0. The van der Waals surface area contributed by atoms with Crippen LogP contribution < -0.4 is 16.4 Å². The molecule has 166 valence electrons. The first-order chi connectivity index (χ1) is 15.2. The molecule has 1 atom stereocenters. The van der Waals surface area contributed by atoms with Crippen molar-refractivity contribution in [1.29, 1.82) is 5.26 Å². The van der Waals surface area contributed by atoms with E-state index in [2.05, 4.69) is 10.6 Å². The number of fused-ring (bicyclic) bond motifs is 1. The van der Waals surface area contributed by atoms with E-state index in [0.29, 0.717) is 24.2 Å². The minimum atomic E-state index is -3.47. The summed E-state index contributed by atoms with van der Waals surface area (Å²) in [6.07, 6.45) is -3.49. The lowest BCUT2D eigenvalue weighted by Crippen LogP contribution is -2.52. The first kappa shape index (κ1) is 21.7. The van der Waals surface area contributed by atoms with Crippen molar-refractivity contribution in [2.24, 2.45) is 5.92 Å². The van der Waals surface area contributed by atoms with Crippen molar-refractivity contribution < 1.29 is 28.9 Å². The fourth-order valence-corrected chi connectivity index (χ4v) is 3.49. The van der Waals surface area contributed by atoms with Gasteiger partial charge in [-0.25, -0.2) is 9.18 Å². The van der Waals surface area contributed by atoms with Crippen molar-refractivity contribution in [2.45, 2.75) is 18.6 Å². The quantitative estimate of drug-likeness (QED) is 0.326. The highest BCUT2D eigenvalue weighted by atomic mass is 19.1. The average Bonchev–Trinajstić information content (AvgIpc) is 3.02. The van der Waals surface area contributed by atoms with E-state index < -0.39 is 23.7 Å². The highest BCUT2D eigenvalue weighted by Gasteiger charge is 2.29. The molecule has 0 radical (unpaired) electrons. The fraction of sp³-hybridized carbons (Fsp3) is 0.286. The van der Waals surface area contributed by atoms with Crippen molar-refractivity contribution in [3.63, 3.8) is 0 Å². The number of aliphatic hydroxyl groups is 3. The molecule has 1 amide bonds. The molecular weight excluding hydrogens is 423 g/mol. The van der Waals surface area contributed by atoms with Gasteiger partial charge in [-0.05, 0) is 34.9 Å². The van der Waals surface area contributed by atoms with Crippen LogP contribution in [0.3, 0.4) is 0 Å². The van der Waals surface area contributed by atoms with Crippen molar-refractivity contribution in [3.8, 4) is 17.2 Å². The standard InChI is InChI=1S/C21H19FN4O6/c22-16-6-11(1-2-13(16)5-15(8-23)25-19(27)14-9-24-10-14)12-3-4-18-17(7-12)26(20(28)32-18)21(29,30)31/h1-4,6-7,14-15,24,29-31H,5,9-10H2,(H,25,27)/t15-/m0/s1. The average molecular weight is 442 g/mol. The number of benzene rings is 2. The summed E-state index contributed by atoms with van der Waals surface area (Å²) in [6, 6.07) is 9.60. The summed E-state index contributed by atoms with van der Waals surface area (Å²) in [4.78, 5) is 23.8. The molecule has 3 aromatic rings. The van der Waals surface area contributed by atoms with E-state index in [9.17, 15) is 34.6 Å². The van der Waals surface area contributed by atoms with Crippen LogP contribution in [0.4, 0.5) is 4.39 Å². The van der Waals surface area contributed by atoms with Gasteiger partial charge in [0.25, 0.3) is 0 Å². The normalized spacial score (nSPS) is 15.2. The second kappa shape index (κ2) is 8.18. The van der Waals surface area contributed by atoms with Gasteiger partial charge in [-0.15, -0.1) is 0 Å². The Hall–Kier alpha value is -3.56. The van der Waals surface area contributed by atoms with E-state index in [1.165, 1.54) is 30.3 Å². The minimum absolute atomic E-state index is 0.00775. The summed E-state index contributed by atoms with van der Waals surface area (Å²) in [5, 5.41) is 43.2. The van der Waals surface area contributed by atoms with Crippen LogP contribution in [0.15, 0.2) is 45.6 Å². The molecule has 0 spiro atoms. The third kappa shape index (κ3) is 4.12. The van der Waals surface area contributed by atoms with Gasteiger partial charge < -0.3 is 30.4 Å².